The van der Waals surface area contributed by atoms with Gasteiger partial charge in [-0.25, -0.2) is 0 Å². The molecule has 3 rings (SSSR count). The minimum Gasteiger partial charge on any atom is -0.307 e. The van der Waals surface area contributed by atoms with Gasteiger partial charge in [-0.2, -0.15) is 0 Å². The van der Waals surface area contributed by atoms with Gasteiger partial charge in [0.1, 0.15) is 5.82 Å². The van der Waals surface area contributed by atoms with E-state index < -0.39 is 0 Å². The number of aliphatic imine (C=N–C) groups is 1. The number of carbonyl (C=O) groups excluding carboxylic acids is 1. The van der Waals surface area contributed by atoms with Gasteiger partial charge < -0.3 is 10.2 Å². The van der Waals surface area contributed by atoms with Crippen molar-refractivity contribution in [3.63, 3.8) is 0 Å². The number of carbonyl (C=O) groups is 1. The molecule has 0 spiro atoms. The van der Waals surface area contributed by atoms with Crippen LogP contribution >= 0.6 is 0 Å². The first-order chi connectivity index (χ1) is 7.84. The lowest BCUT2D eigenvalue weighted by Crippen LogP contribution is -2.35. The molecule has 0 aliphatic carbocycles. The summed E-state index contributed by atoms with van der Waals surface area (Å²) in [5, 5.41) is 2.75. The van der Waals surface area contributed by atoms with Gasteiger partial charge >= 0.3 is 0 Å². The third kappa shape index (κ3) is 1.32. The molecule has 2 heterocycles. The van der Waals surface area contributed by atoms with E-state index in [0.717, 1.165) is 11.3 Å². The van der Waals surface area contributed by atoms with Crippen molar-refractivity contribution < 1.29 is 4.79 Å². The summed E-state index contributed by atoms with van der Waals surface area (Å²) in [6.45, 7) is 0. The Morgan fingerprint density at radius 1 is 1.25 bits per heavy atom. The van der Waals surface area contributed by atoms with Gasteiger partial charge in [0.15, 0.2) is 0 Å². The monoisotopic (exact) mass is 211 g/mol. The summed E-state index contributed by atoms with van der Waals surface area (Å²) in [6.07, 6.45) is 6.67. The fraction of sp³-hybridized carbons (Fsp3) is 0. The Labute approximate surface area is 92.6 Å². The maximum Gasteiger partial charge on any atom is 0.251 e. The van der Waals surface area contributed by atoms with E-state index in [4.69, 9.17) is 0 Å². The Hall–Kier alpha value is -2.36. The van der Waals surface area contributed by atoms with E-state index >= 15 is 0 Å². The zero-order chi connectivity index (χ0) is 11.0. The molecule has 1 amide bonds. The van der Waals surface area contributed by atoms with Gasteiger partial charge in [0.25, 0.3) is 5.91 Å². The van der Waals surface area contributed by atoms with E-state index in [2.05, 4.69) is 10.3 Å². The summed E-state index contributed by atoms with van der Waals surface area (Å²) >= 11 is 0. The molecule has 1 aromatic carbocycles. The third-order valence-electron chi connectivity index (χ3n) is 2.49. The Morgan fingerprint density at radius 2 is 2.12 bits per heavy atom. The van der Waals surface area contributed by atoms with E-state index in [1.54, 1.807) is 18.6 Å². The second-order valence-corrected chi connectivity index (χ2v) is 3.53. The Bertz CT molecular complexity index is 543. The van der Waals surface area contributed by atoms with Crippen molar-refractivity contribution in [2.45, 2.75) is 0 Å². The molecule has 0 unspecified atom stereocenters. The van der Waals surface area contributed by atoms with E-state index in [-0.39, 0.29) is 5.91 Å². The summed E-state index contributed by atoms with van der Waals surface area (Å²) < 4.78 is 0. The van der Waals surface area contributed by atoms with Crippen molar-refractivity contribution in [3.05, 3.63) is 54.1 Å². The van der Waals surface area contributed by atoms with Gasteiger partial charge in [0, 0.05) is 24.1 Å². The first-order valence-corrected chi connectivity index (χ1v) is 4.95. The van der Waals surface area contributed by atoms with Gasteiger partial charge in [0.2, 0.25) is 0 Å². The van der Waals surface area contributed by atoms with Crippen LogP contribution in [-0.4, -0.2) is 12.1 Å². The average molecular weight is 211 g/mol. The van der Waals surface area contributed by atoms with Crippen LogP contribution in [0.5, 0.6) is 0 Å². The lowest BCUT2D eigenvalue weighted by molar-refractivity contribution is -0.116. The SMILES string of the molecule is O=C1C=CN2C(=CN=Cc3ccccc32)N1. The predicted octanol–water partition coefficient (Wildman–Crippen LogP) is 1.37. The summed E-state index contributed by atoms with van der Waals surface area (Å²) in [4.78, 5) is 17.3. The molecular formula is C12H9N3O. The first kappa shape index (κ1) is 8.91. The second-order valence-electron chi connectivity index (χ2n) is 3.53. The summed E-state index contributed by atoms with van der Waals surface area (Å²) in [5.74, 6) is 0.547. The fourth-order valence-corrected chi connectivity index (χ4v) is 1.76. The van der Waals surface area contributed by atoms with Crippen LogP contribution in [0.4, 0.5) is 5.69 Å². The molecule has 0 radical (unpaired) electrons. The number of nitrogens with zero attached hydrogens (tertiary/aromatic N) is 2. The Morgan fingerprint density at radius 3 is 3.06 bits per heavy atom. The highest BCUT2D eigenvalue weighted by Crippen LogP contribution is 2.25. The van der Waals surface area contributed by atoms with Crippen molar-refractivity contribution in [2.24, 2.45) is 4.99 Å². The summed E-state index contributed by atoms with van der Waals surface area (Å²) in [7, 11) is 0. The number of anilines is 1. The zero-order valence-electron chi connectivity index (χ0n) is 8.42. The predicted molar refractivity (Wildman–Crippen MR) is 61.9 cm³/mol. The molecule has 2 aliphatic rings. The molecular weight excluding hydrogens is 202 g/mol. The molecule has 4 nitrogen and oxygen atoms in total. The topological polar surface area (TPSA) is 44.7 Å². The number of para-hydroxylation sites is 1. The van der Waals surface area contributed by atoms with Crippen molar-refractivity contribution in [1.29, 1.82) is 0 Å². The van der Waals surface area contributed by atoms with Crippen LogP contribution < -0.4 is 10.2 Å². The molecule has 2 aliphatic heterocycles. The standard InChI is InChI=1S/C12H9N3O/c16-12-5-6-15-10-4-2-1-3-9(10)7-13-8-11(15)14-12/h1-8H,(H,14,16). The van der Waals surface area contributed by atoms with Gasteiger partial charge in [-0.3, -0.25) is 9.79 Å². The molecule has 0 fully saturated rings. The maximum absolute atomic E-state index is 11.2. The van der Waals surface area contributed by atoms with Crippen LogP contribution in [0.2, 0.25) is 0 Å². The minimum atomic E-state index is -0.128. The smallest absolute Gasteiger partial charge is 0.251 e. The van der Waals surface area contributed by atoms with E-state index in [1.165, 1.54) is 6.08 Å². The van der Waals surface area contributed by atoms with E-state index in [1.807, 2.05) is 29.2 Å². The Kier molecular flexibility index (Phi) is 1.86. The quantitative estimate of drug-likeness (QED) is 0.704. The van der Waals surface area contributed by atoms with E-state index in [9.17, 15) is 4.79 Å². The first-order valence-electron chi connectivity index (χ1n) is 4.95. The Balaban J connectivity index is 2.18. The van der Waals surface area contributed by atoms with Gasteiger partial charge in [0.05, 0.1) is 11.9 Å². The lowest BCUT2D eigenvalue weighted by atomic mass is 10.1. The normalized spacial score (nSPS) is 17.1. The number of hydrogen-bond donors (Lipinski definition) is 1. The number of amides is 1. The van der Waals surface area contributed by atoms with Crippen LogP contribution in [0.3, 0.4) is 0 Å². The molecule has 0 atom stereocenters. The van der Waals surface area contributed by atoms with Crippen molar-refractivity contribution in [2.75, 3.05) is 4.90 Å². The van der Waals surface area contributed by atoms with Gasteiger partial charge in [-0.1, -0.05) is 18.2 Å². The average Bonchev–Trinajstić information content (AvgIpc) is 2.47. The molecule has 78 valence electrons. The second kappa shape index (κ2) is 3.34. The van der Waals surface area contributed by atoms with Gasteiger partial charge in [-0.15, -0.1) is 0 Å². The number of fused-ring (bicyclic) bond motifs is 3. The molecule has 0 aromatic heterocycles. The van der Waals surface area contributed by atoms with Crippen LogP contribution in [0.1, 0.15) is 5.56 Å². The van der Waals surface area contributed by atoms with Crippen LogP contribution in [0.25, 0.3) is 0 Å². The van der Waals surface area contributed by atoms with Crippen molar-refractivity contribution in [3.8, 4) is 0 Å². The maximum atomic E-state index is 11.2. The van der Waals surface area contributed by atoms with Crippen molar-refractivity contribution in [1.82, 2.24) is 5.32 Å². The molecule has 0 saturated carbocycles. The molecule has 4 heteroatoms. The van der Waals surface area contributed by atoms with Gasteiger partial charge in [-0.05, 0) is 6.07 Å². The highest BCUT2D eigenvalue weighted by molar-refractivity contribution is 5.95. The molecule has 0 bridgehead atoms. The molecule has 16 heavy (non-hydrogen) atoms. The van der Waals surface area contributed by atoms with E-state index in [0.29, 0.717) is 5.82 Å². The molecule has 0 saturated heterocycles. The summed E-state index contributed by atoms with van der Waals surface area (Å²) in [5.41, 5.74) is 2.03. The largest absolute Gasteiger partial charge is 0.307 e. The fourth-order valence-electron chi connectivity index (χ4n) is 1.76. The number of hydrogen-bond acceptors (Lipinski definition) is 3. The molecule has 1 N–H and O–H groups in total. The van der Waals surface area contributed by atoms with Crippen LogP contribution in [0.15, 0.2) is 53.6 Å². The minimum absolute atomic E-state index is 0.128. The number of nitrogens with one attached hydrogen (secondary N) is 1. The third-order valence-corrected chi connectivity index (χ3v) is 2.49. The lowest BCUT2D eigenvalue weighted by Gasteiger charge is -2.26. The highest BCUT2D eigenvalue weighted by Gasteiger charge is 2.19. The van der Waals surface area contributed by atoms with Crippen LogP contribution in [0, 0.1) is 0 Å². The number of benzene rings is 1. The molecule has 1 aromatic rings. The van der Waals surface area contributed by atoms with Crippen LogP contribution in [-0.2, 0) is 4.79 Å². The van der Waals surface area contributed by atoms with Crippen molar-refractivity contribution >= 4 is 17.8 Å². The highest BCUT2D eigenvalue weighted by atomic mass is 16.1. The zero-order valence-corrected chi connectivity index (χ0v) is 8.42. The number of rotatable bonds is 0. The summed E-state index contributed by atoms with van der Waals surface area (Å²) in [6, 6.07) is 7.89.